The van der Waals surface area contributed by atoms with E-state index in [-0.39, 0.29) is 0 Å². The first-order chi connectivity index (χ1) is 15.0. The molecule has 0 amide bonds. The molecule has 0 aromatic heterocycles. The Balaban J connectivity index is 1.68. The van der Waals surface area contributed by atoms with Crippen molar-refractivity contribution in [2.45, 2.75) is 96.3 Å². The Labute approximate surface area is 188 Å². The van der Waals surface area contributed by atoms with Crippen LogP contribution in [-0.4, -0.2) is 9.79 Å². The van der Waals surface area contributed by atoms with Gasteiger partial charge in [-0.2, -0.15) is 0 Å². The fraction of sp³-hybridized carbons (Fsp3) is 0.556. The molecule has 2 fully saturated rings. The molecule has 2 saturated carbocycles. The average molecular weight is 441 g/mol. The second-order valence-electron chi connectivity index (χ2n) is 9.79. The summed E-state index contributed by atoms with van der Waals surface area (Å²) in [6, 6.07) is 11.4. The average Bonchev–Trinajstić information content (AvgIpc) is 2.76. The van der Waals surface area contributed by atoms with Gasteiger partial charge in [0, 0.05) is 6.42 Å². The monoisotopic (exact) mass is 440 g/mol. The Kier molecular flexibility index (Phi) is 7.69. The fourth-order valence-electron chi connectivity index (χ4n) is 5.81. The van der Waals surface area contributed by atoms with Gasteiger partial charge in [0.15, 0.2) is 0 Å². The minimum Gasteiger partial charge on any atom is -0.426 e. The number of hydrogen-bond acceptors (Lipinski definition) is 3. The van der Waals surface area contributed by atoms with Crippen LogP contribution in [-0.2, 0) is 6.42 Å². The first kappa shape index (κ1) is 22.8. The van der Waals surface area contributed by atoms with Crippen molar-refractivity contribution in [1.29, 1.82) is 0 Å². The van der Waals surface area contributed by atoms with Gasteiger partial charge in [0.25, 0.3) is 0 Å². The molecule has 0 unspecified atom stereocenters. The van der Waals surface area contributed by atoms with E-state index in [0.717, 1.165) is 24.8 Å². The van der Waals surface area contributed by atoms with Crippen LogP contribution >= 0.6 is 8.60 Å². The van der Waals surface area contributed by atoms with Gasteiger partial charge >= 0.3 is 8.60 Å². The molecule has 0 heterocycles. The van der Waals surface area contributed by atoms with Crippen LogP contribution in [0.5, 0.6) is 5.75 Å². The molecular weight excluding hydrogens is 403 g/mol. The van der Waals surface area contributed by atoms with Gasteiger partial charge in [0.05, 0.1) is 0 Å². The quantitative estimate of drug-likeness (QED) is 0.455. The van der Waals surface area contributed by atoms with Crippen LogP contribution in [0.2, 0.25) is 0 Å². The SMILES string of the molecule is Cc1cc(Cc2cc(C)cc(C3CCCCC3)c2OP(O)O)cc(C2CCCCC2)c1. The summed E-state index contributed by atoms with van der Waals surface area (Å²) in [6.45, 7) is 4.33. The summed E-state index contributed by atoms with van der Waals surface area (Å²) in [5, 5.41) is 0. The number of hydrogen-bond donors (Lipinski definition) is 2. The molecular formula is C27H37O3P. The number of benzene rings is 2. The molecule has 4 rings (SSSR count). The summed E-state index contributed by atoms with van der Waals surface area (Å²) in [7, 11) is -2.44. The van der Waals surface area contributed by atoms with Crippen molar-refractivity contribution >= 4 is 8.60 Å². The Hall–Kier alpha value is -1.41. The van der Waals surface area contributed by atoms with E-state index < -0.39 is 8.60 Å². The van der Waals surface area contributed by atoms with E-state index in [1.165, 1.54) is 79.2 Å². The normalized spacial score (nSPS) is 18.5. The summed E-state index contributed by atoms with van der Waals surface area (Å²) in [5.74, 6) is 1.85. The van der Waals surface area contributed by atoms with Gasteiger partial charge in [-0.3, -0.25) is 0 Å². The van der Waals surface area contributed by atoms with Crippen LogP contribution in [0.25, 0.3) is 0 Å². The standard InChI is InChI=1S/C27H37O3P/c1-19-13-21(17-24(14-19)22-9-5-3-6-10-22)18-25-15-20(2)16-26(27(25)30-31(28)29)23-11-7-4-8-12-23/h13-17,22-23,28-29H,3-12,18H2,1-2H3. The molecule has 2 N–H and O–H groups in total. The van der Waals surface area contributed by atoms with Crippen LogP contribution in [0.3, 0.4) is 0 Å². The predicted octanol–water partition coefficient (Wildman–Crippen LogP) is 7.58. The van der Waals surface area contributed by atoms with E-state index in [1.807, 2.05) is 0 Å². The van der Waals surface area contributed by atoms with Crippen molar-refractivity contribution in [3.63, 3.8) is 0 Å². The lowest BCUT2D eigenvalue weighted by molar-refractivity contribution is 0.365. The first-order valence-electron chi connectivity index (χ1n) is 12.1. The van der Waals surface area contributed by atoms with Crippen molar-refractivity contribution in [3.8, 4) is 5.75 Å². The van der Waals surface area contributed by atoms with Crippen molar-refractivity contribution < 1.29 is 14.3 Å². The number of rotatable bonds is 6. The Morgan fingerprint density at radius 2 is 1.39 bits per heavy atom. The zero-order chi connectivity index (χ0) is 21.8. The highest BCUT2D eigenvalue weighted by atomic mass is 31.2. The summed E-state index contributed by atoms with van der Waals surface area (Å²) in [4.78, 5) is 19.5. The Morgan fingerprint density at radius 1 is 0.774 bits per heavy atom. The third-order valence-electron chi connectivity index (χ3n) is 7.19. The molecule has 31 heavy (non-hydrogen) atoms. The van der Waals surface area contributed by atoms with E-state index in [9.17, 15) is 9.79 Å². The van der Waals surface area contributed by atoms with Gasteiger partial charge in [-0.1, -0.05) is 80.0 Å². The van der Waals surface area contributed by atoms with Gasteiger partial charge in [-0.15, -0.1) is 0 Å². The first-order valence-corrected chi connectivity index (χ1v) is 13.3. The lowest BCUT2D eigenvalue weighted by atomic mass is 9.81. The molecule has 2 aromatic rings. The molecule has 0 atom stereocenters. The minimum atomic E-state index is -2.44. The molecule has 2 aliphatic carbocycles. The molecule has 3 nitrogen and oxygen atoms in total. The van der Waals surface area contributed by atoms with Crippen molar-refractivity contribution in [1.82, 2.24) is 0 Å². The van der Waals surface area contributed by atoms with E-state index >= 15 is 0 Å². The molecule has 0 aliphatic heterocycles. The summed E-state index contributed by atoms with van der Waals surface area (Å²) in [5.41, 5.74) is 7.56. The van der Waals surface area contributed by atoms with E-state index in [4.69, 9.17) is 4.52 Å². The smallest absolute Gasteiger partial charge is 0.391 e. The largest absolute Gasteiger partial charge is 0.426 e. The molecule has 2 aromatic carbocycles. The summed E-state index contributed by atoms with van der Waals surface area (Å²) in [6.07, 6.45) is 13.5. The van der Waals surface area contributed by atoms with Crippen LogP contribution in [0.4, 0.5) is 0 Å². The van der Waals surface area contributed by atoms with E-state index in [2.05, 4.69) is 44.2 Å². The third-order valence-corrected chi connectivity index (χ3v) is 7.53. The maximum absolute atomic E-state index is 9.75. The zero-order valence-electron chi connectivity index (χ0n) is 19.1. The summed E-state index contributed by atoms with van der Waals surface area (Å²) < 4.78 is 5.71. The van der Waals surface area contributed by atoms with Crippen LogP contribution in [0.1, 0.15) is 109 Å². The van der Waals surface area contributed by atoms with E-state index in [1.54, 1.807) is 0 Å². The highest BCUT2D eigenvalue weighted by Crippen LogP contribution is 2.44. The molecule has 0 spiro atoms. The second kappa shape index (κ2) is 10.5. The summed E-state index contributed by atoms with van der Waals surface area (Å²) >= 11 is 0. The minimum absolute atomic E-state index is 0.452. The fourth-order valence-corrected chi connectivity index (χ4v) is 6.19. The predicted molar refractivity (Wildman–Crippen MR) is 129 cm³/mol. The lowest BCUT2D eigenvalue weighted by Gasteiger charge is -2.26. The van der Waals surface area contributed by atoms with Crippen LogP contribution in [0, 0.1) is 13.8 Å². The van der Waals surface area contributed by atoms with Gasteiger partial charge in [-0.25, -0.2) is 0 Å². The molecule has 2 aliphatic rings. The molecule has 0 bridgehead atoms. The van der Waals surface area contributed by atoms with Gasteiger partial charge in [-0.05, 0) is 73.6 Å². The third kappa shape index (κ3) is 5.89. The maximum atomic E-state index is 9.75. The lowest BCUT2D eigenvalue weighted by Crippen LogP contribution is -2.09. The van der Waals surface area contributed by atoms with Crippen molar-refractivity contribution in [2.24, 2.45) is 0 Å². The van der Waals surface area contributed by atoms with Crippen molar-refractivity contribution in [3.05, 3.63) is 63.7 Å². The number of aryl methyl sites for hydroxylation is 2. The molecule has 0 saturated heterocycles. The molecule has 168 valence electrons. The highest BCUT2D eigenvalue weighted by molar-refractivity contribution is 7.39. The van der Waals surface area contributed by atoms with Gasteiger partial charge in [0.1, 0.15) is 5.75 Å². The van der Waals surface area contributed by atoms with Crippen LogP contribution in [0.15, 0.2) is 30.3 Å². The Bertz CT molecular complexity index is 880. The van der Waals surface area contributed by atoms with Gasteiger partial charge in [0.2, 0.25) is 0 Å². The highest BCUT2D eigenvalue weighted by Gasteiger charge is 2.24. The topological polar surface area (TPSA) is 49.7 Å². The zero-order valence-corrected chi connectivity index (χ0v) is 20.0. The van der Waals surface area contributed by atoms with Crippen LogP contribution < -0.4 is 4.52 Å². The molecule has 0 radical (unpaired) electrons. The van der Waals surface area contributed by atoms with E-state index in [0.29, 0.717) is 17.6 Å². The maximum Gasteiger partial charge on any atom is 0.391 e. The second-order valence-corrected chi connectivity index (χ2v) is 10.5. The Morgan fingerprint density at radius 3 is 2.03 bits per heavy atom. The van der Waals surface area contributed by atoms with Crippen molar-refractivity contribution in [2.75, 3.05) is 0 Å². The van der Waals surface area contributed by atoms with Gasteiger partial charge < -0.3 is 14.3 Å². The molecule has 4 heteroatoms.